The van der Waals surface area contributed by atoms with Gasteiger partial charge in [0.25, 0.3) is 0 Å². The molecule has 2 aromatic carbocycles. The summed E-state index contributed by atoms with van der Waals surface area (Å²) in [5, 5.41) is 0. The van der Waals surface area contributed by atoms with Crippen LogP contribution >= 0.6 is 0 Å². The average molecular weight is 286 g/mol. The number of fused-ring (bicyclic) bond motifs is 1. The number of imidazole rings is 1. The van der Waals surface area contributed by atoms with Gasteiger partial charge in [-0.2, -0.15) is 0 Å². The Kier molecular flexibility index (Phi) is 3.69. The molecule has 0 bridgehead atoms. The number of aromatic nitrogens is 2. The van der Waals surface area contributed by atoms with Crippen molar-refractivity contribution in [1.82, 2.24) is 9.55 Å². The number of para-hydroxylation sites is 2. The molecule has 2 nitrogen and oxygen atoms in total. The van der Waals surface area contributed by atoms with Crippen molar-refractivity contribution in [2.75, 3.05) is 0 Å². The highest BCUT2D eigenvalue weighted by molar-refractivity contribution is 5.76. The van der Waals surface area contributed by atoms with Crippen LogP contribution in [0.3, 0.4) is 0 Å². The van der Waals surface area contributed by atoms with Crippen molar-refractivity contribution >= 4 is 11.0 Å². The Bertz CT molecular complexity index is 778. The van der Waals surface area contributed by atoms with Crippen LogP contribution in [-0.4, -0.2) is 9.55 Å². The van der Waals surface area contributed by atoms with Crippen LogP contribution in [0.25, 0.3) is 11.0 Å². The minimum atomic E-state index is -0.555. The van der Waals surface area contributed by atoms with Crippen molar-refractivity contribution in [3.8, 4) is 0 Å². The number of hydrogen-bond acceptors (Lipinski definition) is 1. The molecule has 3 aromatic rings. The average Bonchev–Trinajstić information content (AvgIpc) is 2.80. The van der Waals surface area contributed by atoms with Gasteiger partial charge >= 0.3 is 0 Å². The summed E-state index contributed by atoms with van der Waals surface area (Å²) in [4.78, 5) is 4.61. The highest BCUT2D eigenvalue weighted by Gasteiger charge is 2.12. The van der Waals surface area contributed by atoms with E-state index in [1.165, 1.54) is 12.1 Å². The molecular weight excluding hydrogens is 270 g/mol. The van der Waals surface area contributed by atoms with Gasteiger partial charge in [0.1, 0.15) is 17.5 Å². The summed E-state index contributed by atoms with van der Waals surface area (Å²) in [5.41, 5.74) is 2.35. The van der Waals surface area contributed by atoms with E-state index in [-0.39, 0.29) is 0 Å². The third kappa shape index (κ3) is 2.66. The number of halogens is 2. The monoisotopic (exact) mass is 286 g/mol. The Morgan fingerprint density at radius 3 is 2.67 bits per heavy atom. The van der Waals surface area contributed by atoms with Gasteiger partial charge in [0.15, 0.2) is 0 Å². The van der Waals surface area contributed by atoms with E-state index in [9.17, 15) is 8.78 Å². The maximum absolute atomic E-state index is 13.9. The largest absolute Gasteiger partial charge is 0.323 e. The maximum atomic E-state index is 13.9. The first-order valence-electron chi connectivity index (χ1n) is 7.07. The molecule has 4 heteroatoms. The molecule has 0 unspecified atom stereocenters. The van der Waals surface area contributed by atoms with Gasteiger partial charge in [-0.15, -0.1) is 0 Å². The van der Waals surface area contributed by atoms with Gasteiger partial charge in [-0.05, 0) is 24.6 Å². The second-order valence-corrected chi connectivity index (χ2v) is 5.09. The van der Waals surface area contributed by atoms with Gasteiger partial charge in [0.05, 0.1) is 17.6 Å². The highest BCUT2D eigenvalue weighted by Crippen LogP contribution is 2.20. The van der Waals surface area contributed by atoms with Gasteiger partial charge in [0.2, 0.25) is 0 Å². The lowest BCUT2D eigenvalue weighted by molar-refractivity contribution is 0.565. The molecule has 0 N–H and O–H groups in total. The standard InChI is InChI=1S/C17H16F2N2/c1-2-5-17-20-15-6-3-4-7-16(15)21(17)11-12-8-9-13(18)10-14(12)19/h3-4,6-10H,2,5,11H2,1H3. The summed E-state index contributed by atoms with van der Waals surface area (Å²) in [6.07, 6.45) is 1.80. The van der Waals surface area contributed by atoms with E-state index in [0.29, 0.717) is 12.1 Å². The fourth-order valence-corrected chi connectivity index (χ4v) is 2.54. The second kappa shape index (κ2) is 5.64. The van der Waals surface area contributed by atoms with Crippen molar-refractivity contribution in [1.29, 1.82) is 0 Å². The molecule has 0 atom stereocenters. The van der Waals surface area contributed by atoms with E-state index in [4.69, 9.17) is 0 Å². The van der Waals surface area contributed by atoms with Crippen LogP contribution in [-0.2, 0) is 13.0 Å². The second-order valence-electron chi connectivity index (χ2n) is 5.09. The molecule has 0 amide bonds. The summed E-state index contributed by atoms with van der Waals surface area (Å²) in [5.74, 6) is -0.141. The first kappa shape index (κ1) is 13.7. The van der Waals surface area contributed by atoms with Gasteiger partial charge in [-0.25, -0.2) is 13.8 Å². The van der Waals surface area contributed by atoms with Crippen LogP contribution < -0.4 is 0 Å². The molecule has 0 aliphatic rings. The SMILES string of the molecule is CCCc1nc2ccccc2n1Cc1ccc(F)cc1F. The smallest absolute Gasteiger partial charge is 0.131 e. The van der Waals surface area contributed by atoms with Gasteiger partial charge in [-0.3, -0.25) is 0 Å². The molecule has 3 rings (SSSR count). The first-order valence-corrected chi connectivity index (χ1v) is 7.07. The van der Waals surface area contributed by atoms with Gasteiger partial charge in [-0.1, -0.05) is 25.1 Å². The Morgan fingerprint density at radius 2 is 1.90 bits per heavy atom. The van der Waals surface area contributed by atoms with Crippen LogP contribution in [0.1, 0.15) is 24.7 Å². The van der Waals surface area contributed by atoms with Crippen molar-refractivity contribution in [3.63, 3.8) is 0 Å². The number of benzene rings is 2. The third-order valence-electron chi connectivity index (χ3n) is 3.55. The summed E-state index contributed by atoms with van der Waals surface area (Å²) < 4.78 is 28.9. The molecular formula is C17H16F2N2. The van der Waals surface area contributed by atoms with E-state index in [2.05, 4.69) is 11.9 Å². The first-order chi connectivity index (χ1) is 10.2. The zero-order valence-corrected chi connectivity index (χ0v) is 11.8. The topological polar surface area (TPSA) is 17.8 Å². The highest BCUT2D eigenvalue weighted by atomic mass is 19.1. The van der Waals surface area contributed by atoms with E-state index in [1.54, 1.807) is 0 Å². The zero-order chi connectivity index (χ0) is 14.8. The number of rotatable bonds is 4. The number of nitrogens with zero attached hydrogens (tertiary/aromatic N) is 2. The van der Waals surface area contributed by atoms with Crippen LogP contribution in [0.2, 0.25) is 0 Å². The van der Waals surface area contributed by atoms with E-state index in [1.807, 2.05) is 28.8 Å². The minimum Gasteiger partial charge on any atom is -0.323 e. The van der Waals surface area contributed by atoms with Crippen LogP contribution in [0, 0.1) is 11.6 Å². The van der Waals surface area contributed by atoms with Gasteiger partial charge in [0, 0.05) is 18.1 Å². The molecule has 0 fully saturated rings. The van der Waals surface area contributed by atoms with Crippen LogP contribution in [0.4, 0.5) is 8.78 Å². The Hall–Kier alpha value is -2.23. The Balaban J connectivity index is 2.07. The lowest BCUT2D eigenvalue weighted by atomic mass is 10.2. The maximum Gasteiger partial charge on any atom is 0.131 e. The normalized spacial score (nSPS) is 11.2. The van der Waals surface area contributed by atoms with Crippen molar-refractivity contribution < 1.29 is 8.78 Å². The predicted octanol–water partition coefficient (Wildman–Crippen LogP) is 4.32. The molecule has 108 valence electrons. The Labute approximate surface area is 122 Å². The fraction of sp³-hybridized carbons (Fsp3) is 0.235. The van der Waals surface area contributed by atoms with Crippen LogP contribution in [0.15, 0.2) is 42.5 Å². The lowest BCUT2D eigenvalue weighted by Crippen LogP contribution is -2.07. The fourth-order valence-electron chi connectivity index (χ4n) is 2.54. The molecule has 0 radical (unpaired) electrons. The number of hydrogen-bond donors (Lipinski definition) is 0. The van der Waals surface area contributed by atoms with Crippen LogP contribution in [0.5, 0.6) is 0 Å². The zero-order valence-electron chi connectivity index (χ0n) is 11.8. The van der Waals surface area contributed by atoms with Crippen molar-refractivity contribution in [2.24, 2.45) is 0 Å². The lowest BCUT2D eigenvalue weighted by Gasteiger charge is -2.10. The van der Waals surface area contributed by atoms with Crippen molar-refractivity contribution in [3.05, 3.63) is 65.5 Å². The van der Waals surface area contributed by atoms with Crippen molar-refractivity contribution in [2.45, 2.75) is 26.3 Å². The summed E-state index contributed by atoms with van der Waals surface area (Å²) in [6.45, 7) is 2.45. The Morgan fingerprint density at radius 1 is 1.10 bits per heavy atom. The van der Waals surface area contributed by atoms with E-state index >= 15 is 0 Å². The molecule has 1 aromatic heterocycles. The summed E-state index contributed by atoms with van der Waals surface area (Å²) in [7, 11) is 0. The van der Waals surface area contributed by atoms with Gasteiger partial charge < -0.3 is 4.57 Å². The minimum absolute atomic E-state index is 0.363. The molecule has 1 heterocycles. The molecule has 21 heavy (non-hydrogen) atoms. The number of aryl methyl sites for hydroxylation is 1. The quantitative estimate of drug-likeness (QED) is 0.698. The summed E-state index contributed by atoms with van der Waals surface area (Å²) in [6, 6.07) is 11.5. The molecule has 0 aliphatic carbocycles. The molecule has 0 spiro atoms. The van der Waals surface area contributed by atoms with E-state index < -0.39 is 11.6 Å². The van der Waals surface area contributed by atoms with E-state index in [0.717, 1.165) is 35.8 Å². The third-order valence-corrected chi connectivity index (χ3v) is 3.55. The summed E-state index contributed by atoms with van der Waals surface area (Å²) >= 11 is 0. The molecule has 0 saturated carbocycles. The molecule has 0 aliphatic heterocycles. The predicted molar refractivity (Wildman–Crippen MR) is 79.2 cm³/mol. The molecule has 0 saturated heterocycles.